The van der Waals surface area contributed by atoms with Gasteiger partial charge in [0, 0.05) is 12.6 Å². The van der Waals surface area contributed by atoms with Crippen LogP contribution >= 0.6 is 0 Å². The maximum Gasteiger partial charge on any atom is 0.240 e. The zero-order valence-corrected chi connectivity index (χ0v) is 9.90. The highest BCUT2D eigenvalue weighted by molar-refractivity contribution is 4.85. The third-order valence-electron chi connectivity index (χ3n) is 3.06. The minimum Gasteiger partial charge on any atom is -0.381 e. The highest BCUT2D eigenvalue weighted by Gasteiger charge is 2.24. The molecule has 1 N–H and O–H groups in total. The fraction of sp³-hybridized carbons (Fsp3) is 0.818. The van der Waals surface area contributed by atoms with E-state index in [9.17, 15) is 0 Å². The van der Waals surface area contributed by atoms with Crippen LogP contribution in [0.1, 0.15) is 31.5 Å². The molecule has 0 saturated carbocycles. The Bertz CT molecular complexity index is 321. The van der Waals surface area contributed by atoms with Crippen molar-refractivity contribution in [2.75, 3.05) is 13.2 Å². The van der Waals surface area contributed by atoms with Crippen molar-refractivity contribution < 1.29 is 9.26 Å². The van der Waals surface area contributed by atoms with Crippen molar-refractivity contribution in [2.45, 2.75) is 39.3 Å². The molecule has 2 atom stereocenters. The molecule has 5 heteroatoms. The van der Waals surface area contributed by atoms with Crippen LogP contribution in [-0.4, -0.2) is 29.4 Å². The first-order chi connectivity index (χ1) is 7.79. The number of hydrogen-bond donors (Lipinski definition) is 1. The lowest BCUT2D eigenvalue weighted by atomic mass is 9.97. The summed E-state index contributed by atoms with van der Waals surface area (Å²) in [5.74, 6) is 1.97. The molecule has 0 spiro atoms. The van der Waals surface area contributed by atoms with Crippen LogP contribution in [0, 0.1) is 12.8 Å². The van der Waals surface area contributed by atoms with E-state index in [2.05, 4.69) is 22.4 Å². The van der Waals surface area contributed by atoms with Crippen molar-refractivity contribution in [1.29, 1.82) is 0 Å². The number of aromatic nitrogens is 2. The molecule has 1 aliphatic rings. The third kappa shape index (κ3) is 2.80. The zero-order chi connectivity index (χ0) is 11.4. The molecule has 0 amide bonds. The molecule has 1 fully saturated rings. The molecule has 1 aromatic rings. The van der Waals surface area contributed by atoms with Gasteiger partial charge in [-0.25, -0.2) is 0 Å². The second kappa shape index (κ2) is 5.41. The van der Waals surface area contributed by atoms with E-state index < -0.39 is 0 Å². The van der Waals surface area contributed by atoms with E-state index >= 15 is 0 Å². The fourth-order valence-electron chi connectivity index (χ4n) is 2.14. The van der Waals surface area contributed by atoms with Crippen LogP contribution < -0.4 is 5.32 Å². The molecule has 0 bridgehead atoms. The van der Waals surface area contributed by atoms with Crippen LogP contribution in [0.25, 0.3) is 0 Å². The quantitative estimate of drug-likeness (QED) is 0.818. The summed E-state index contributed by atoms with van der Waals surface area (Å²) in [4.78, 5) is 4.17. The van der Waals surface area contributed by atoms with Crippen LogP contribution in [0.5, 0.6) is 0 Å². The smallest absolute Gasteiger partial charge is 0.240 e. The van der Waals surface area contributed by atoms with Gasteiger partial charge in [-0.05, 0) is 25.7 Å². The molecule has 0 aromatic carbocycles. The zero-order valence-electron chi connectivity index (χ0n) is 9.90. The first kappa shape index (κ1) is 11.5. The monoisotopic (exact) mass is 225 g/mol. The van der Waals surface area contributed by atoms with Crippen molar-refractivity contribution >= 4 is 0 Å². The lowest BCUT2D eigenvalue weighted by Gasteiger charge is -2.21. The molecule has 2 rings (SSSR count). The molecule has 2 heterocycles. The van der Waals surface area contributed by atoms with Gasteiger partial charge in [0.2, 0.25) is 5.89 Å². The summed E-state index contributed by atoms with van der Waals surface area (Å²) < 4.78 is 10.5. The maximum absolute atomic E-state index is 5.40. The Labute approximate surface area is 95.6 Å². The minimum absolute atomic E-state index is 0.481. The molecule has 16 heavy (non-hydrogen) atoms. The number of nitrogens with zero attached hydrogens (tertiary/aromatic N) is 2. The molecular weight excluding hydrogens is 206 g/mol. The van der Waals surface area contributed by atoms with Gasteiger partial charge >= 0.3 is 0 Å². The summed E-state index contributed by atoms with van der Waals surface area (Å²) in [6.45, 7) is 6.43. The average molecular weight is 225 g/mol. The fourth-order valence-corrected chi connectivity index (χ4v) is 2.14. The van der Waals surface area contributed by atoms with Crippen molar-refractivity contribution in [3.8, 4) is 0 Å². The number of ether oxygens (including phenoxy) is 1. The van der Waals surface area contributed by atoms with Crippen LogP contribution in [0.4, 0.5) is 0 Å². The molecule has 2 unspecified atom stereocenters. The predicted molar refractivity (Wildman–Crippen MR) is 58.9 cm³/mol. The molecule has 5 nitrogen and oxygen atoms in total. The summed E-state index contributed by atoms with van der Waals surface area (Å²) in [5, 5.41) is 7.23. The van der Waals surface area contributed by atoms with Crippen LogP contribution in [0.2, 0.25) is 0 Å². The van der Waals surface area contributed by atoms with E-state index in [4.69, 9.17) is 9.26 Å². The molecular formula is C11H19N3O2. The van der Waals surface area contributed by atoms with Gasteiger partial charge in [-0.15, -0.1) is 0 Å². The third-order valence-corrected chi connectivity index (χ3v) is 3.06. The van der Waals surface area contributed by atoms with Crippen molar-refractivity contribution in [1.82, 2.24) is 15.5 Å². The number of rotatable bonds is 5. The predicted octanol–water partition coefficient (Wildman–Crippen LogP) is 1.28. The Hall–Kier alpha value is -0.940. The summed E-state index contributed by atoms with van der Waals surface area (Å²) in [5.41, 5.74) is 0. The molecule has 0 radical (unpaired) electrons. The van der Waals surface area contributed by atoms with Gasteiger partial charge in [0.05, 0.1) is 13.2 Å². The van der Waals surface area contributed by atoms with Gasteiger partial charge in [0.25, 0.3) is 0 Å². The summed E-state index contributed by atoms with van der Waals surface area (Å²) in [7, 11) is 0. The minimum atomic E-state index is 0.481. The van der Waals surface area contributed by atoms with Crippen molar-refractivity contribution in [2.24, 2.45) is 5.92 Å². The van der Waals surface area contributed by atoms with Crippen LogP contribution in [0.3, 0.4) is 0 Å². The largest absolute Gasteiger partial charge is 0.381 e. The normalized spacial score (nSPS) is 22.5. The molecule has 90 valence electrons. The highest BCUT2D eigenvalue weighted by atomic mass is 16.5. The lowest BCUT2D eigenvalue weighted by molar-refractivity contribution is 0.174. The standard InChI is InChI=1S/C11H19N3O2/c1-3-10(9-4-5-15-7-9)12-6-11-13-8(2)14-16-11/h9-10,12H,3-7H2,1-2H3. The molecule has 1 saturated heterocycles. The SMILES string of the molecule is CCC(NCc1nc(C)no1)C1CCOC1. The van der Waals surface area contributed by atoms with Crippen LogP contribution in [0.15, 0.2) is 4.52 Å². The van der Waals surface area contributed by atoms with Crippen LogP contribution in [-0.2, 0) is 11.3 Å². The van der Waals surface area contributed by atoms with Crippen molar-refractivity contribution in [3.63, 3.8) is 0 Å². The Morgan fingerprint density at radius 1 is 1.56 bits per heavy atom. The first-order valence-corrected chi connectivity index (χ1v) is 5.90. The van der Waals surface area contributed by atoms with E-state index in [0.717, 1.165) is 26.1 Å². The van der Waals surface area contributed by atoms with E-state index in [0.29, 0.717) is 30.2 Å². The Balaban J connectivity index is 1.82. The second-order valence-corrected chi connectivity index (χ2v) is 4.25. The van der Waals surface area contributed by atoms with E-state index in [1.807, 2.05) is 6.92 Å². The van der Waals surface area contributed by atoms with E-state index in [1.165, 1.54) is 0 Å². The maximum atomic E-state index is 5.40. The van der Waals surface area contributed by atoms with Gasteiger partial charge in [0.15, 0.2) is 5.82 Å². The number of nitrogens with one attached hydrogen (secondary N) is 1. The van der Waals surface area contributed by atoms with E-state index in [-0.39, 0.29) is 0 Å². The van der Waals surface area contributed by atoms with E-state index in [1.54, 1.807) is 0 Å². The molecule has 0 aliphatic carbocycles. The first-order valence-electron chi connectivity index (χ1n) is 5.90. The Morgan fingerprint density at radius 2 is 2.44 bits per heavy atom. The number of aryl methyl sites for hydroxylation is 1. The van der Waals surface area contributed by atoms with Gasteiger partial charge in [-0.2, -0.15) is 4.98 Å². The molecule has 1 aromatic heterocycles. The summed E-state index contributed by atoms with van der Waals surface area (Å²) in [6, 6.07) is 0.481. The van der Waals surface area contributed by atoms with Gasteiger partial charge < -0.3 is 14.6 Å². The Morgan fingerprint density at radius 3 is 3.00 bits per heavy atom. The summed E-state index contributed by atoms with van der Waals surface area (Å²) in [6.07, 6.45) is 2.25. The van der Waals surface area contributed by atoms with Gasteiger partial charge in [0.1, 0.15) is 0 Å². The summed E-state index contributed by atoms with van der Waals surface area (Å²) >= 11 is 0. The van der Waals surface area contributed by atoms with Gasteiger partial charge in [-0.3, -0.25) is 0 Å². The van der Waals surface area contributed by atoms with Crippen molar-refractivity contribution in [3.05, 3.63) is 11.7 Å². The molecule has 1 aliphatic heterocycles. The second-order valence-electron chi connectivity index (χ2n) is 4.25. The highest BCUT2D eigenvalue weighted by Crippen LogP contribution is 2.19. The average Bonchev–Trinajstić information content (AvgIpc) is 2.91. The number of hydrogen-bond acceptors (Lipinski definition) is 5. The lowest BCUT2D eigenvalue weighted by Crippen LogP contribution is -2.35. The van der Waals surface area contributed by atoms with Gasteiger partial charge in [-0.1, -0.05) is 12.1 Å². The topological polar surface area (TPSA) is 60.2 Å². The Kier molecular flexibility index (Phi) is 3.90.